The summed E-state index contributed by atoms with van der Waals surface area (Å²) in [5, 5.41) is 6.19. The second-order valence-electron chi connectivity index (χ2n) is 6.66. The fraction of sp³-hybridized carbons (Fsp3) is 0.800. The third-order valence-corrected chi connectivity index (χ3v) is 5.28. The molecule has 1 aromatic heterocycles. The average Bonchev–Trinajstić information content (AvgIpc) is 3.22. The highest BCUT2D eigenvalue weighted by atomic mass is 16.5. The number of amides is 1. The van der Waals surface area contributed by atoms with Gasteiger partial charge in [0.2, 0.25) is 5.89 Å². The number of carbonyl (C=O) groups excluding carboxylic acids is 1. The fourth-order valence-corrected chi connectivity index (χ4v) is 3.93. The van der Waals surface area contributed by atoms with Crippen LogP contribution in [0.5, 0.6) is 0 Å². The van der Waals surface area contributed by atoms with E-state index in [0.29, 0.717) is 31.6 Å². The summed E-state index contributed by atoms with van der Waals surface area (Å²) < 4.78 is 10.8. The highest BCUT2D eigenvalue weighted by Crippen LogP contribution is 2.28. The van der Waals surface area contributed by atoms with Crippen molar-refractivity contribution in [2.24, 2.45) is 0 Å². The molecule has 0 saturated carbocycles. The lowest BCUT2D eigenvalue weighted by Gasteiger charge is -2.38. The summed E-state index contributed by atoms with van der Waals surface area (Å²) in [7, 11) is 0. The van der Waals surface area contributed by atoms with Gasteiger partial charge in [-0.3, -0.25) is 9.69 Å². The minimum atomic E-state index is -0.519. The van der Waals surface area contributed by atoms with Crippen molar-refractivity contribution in [3.8, 4) is 0 Å². The smallest absolute Gasteiger partial charge is 0.392 e. The second kappa shape index (κ2) is 6.09. The molecule has 0 aromatic carbocycles. The first-order valence-corrected chi connectivity index (χ1v) is 8.40. The van der Waals surface area contributed by atoms with E-state index in [1.807, 2.05) is 4.90 Å². The highest BCUT2D eigenvalue weighted by Gasteiger charge is 2.38. The molecule has 8 heteroatoms. The van der Waals surface area contributed by atoms with Crippen LogP contribution in [0.1, 0.15) is 37.5 Å². The Morgan fingerprint density at radius 3 is 2.78 bits per heavy atom. The Bertz CT molecular complexity index is 619. The van der Waals surface area contributed by atoms with Crippen LogP contribution in [0, 0.1) is 0 Å². The highest BCUT2D eigenvalue weighted by molar-refractivity contribution is 5.81. The molecule has 3 aliphatic rings. The van der Waals surface area contributed by atoms with Gasteiger partial charge in [-0.25, -0.2) is 9.89 Å². The zero-order chi connectivity index (χ0) is 15.8. The SMILES string of the molecule is O=C(C1CN2CCCC2CO1)N1CCC(c2n[nH]c(=O)o2)CC1. The van der Waals surface area contributed by atoms with E-state index in [2.05, 4.69) is 15.1 Å². The molecule has 126 valence electrons. The van der Waals surface area contributed by atoms with Crippen LogP contribution in [0.25, 0.3) is 0 Å². The molecule has 0 radical (unpaired) electrons. The number of nitrogens with zero attached hydrogens (tertiary/aromatic N) is 3. The van der Waals surface area contributed by atoms with Crippen LogP contribution < -0.4 is 5.76 Å². The molecule has 0 aliphatic carbocycles. The van der Waals surface area contributed by atoms with Crippen molar-refractivity contribution in [1.82, 2.24) is 20.0 Å². The molecule has 1 N–H and O–H groups in total. The molecule has 8 nitrogen and oxygen atoms in total. The minimum Gasteiger partial charge on any atom is -0.392 e. The van der Waals surface area contributed by atoms with Crippen LogP contribution in [0.3, 0.4) is 0 Å². The largest absolute Gasteiger partial charge is 0.434 e. The minimum absolute atomic E-state index is 0.0947. The number of ether oxygens (including phenoxy) is 1. The molecule has 0 spiro atoms. The van der Waals surface area contributed by atoms with Crippen molar-refractivity contribution in [2.45, 2.75) is 43.7 Å². The van der Waals surface area contributed by atoms with E-state index in [-0.39, 0.29) is 17.9 Å². The van der Waals surface area contributed by atoms with Gasteiger partial charge in [0.25, 0.3) is 5.91 Å². The van der Waals surface area contributed by atoms with E-state index < -0.39 is 5.76 Å². The number of aromatic amines is 1. The molecule has 2 atom stereocenters. The lowest BCUT2D eigenvalue weighted by atomic mass is 9.96. The van der Waals surface area contributed by atoms with E-state index >= 15 is 0 Å². The summed E-state index contributed by atoms with van der Waals surface area (Å²) >= 11 is 0. The zero-order valence-electron chi connectivity index (χ0n) is 13.1. The quantitative estimate of drug-likeness (QED) is 0.820. The maximum atomic E-state index is 12.7. The Morgan fingerprint density at radius 1 is 1.22 bits per heavy atom. The van der Waals surface area contributed by atoms with Crippen molar-refractivity contribution < 1.29 is 13.9 Å². The van der Waals surface area contributed by atoms with Gasteiger partial charge in [0.15, 0.2) is 0 Å². The van der Waals surface area contributed by atoms with Gasteiger partial charge in [0.1, 0.15) is 6.10 Å². The van der Waals surface area contributed by atoms with Crippen molar-refractivity contribution in [3.63, 3.8) is 0 Å². The molecule has 4 rings (SSSR count). The third-order valence-electron chi connectivity index (χ3n) is 5.28. The molecular formula is C15H22N4O4. The molecule has 2 unspecified atom stereocenters. The maximum absolute atomic E-state index is 12.7. The molecule has 0 bridgehead atoms. The summed E-state index contributed by atoms with van der Waals surface area (Å²) in [5.74, 6) is 0.135. The first-order valence-electron chi connectivity index (χ1n) is 8.40. The molecular weight excluding hydrogens is 300 g/mol. The van der Waals surface area contributed by atoms with Crippen molar-refractivity contribution in [3.05, 3.63) is 16.4 Å². The van der Waals surface area contributed by atoms with Crippen molar-refractivity contribution in [1.29, 1.82) is 0 Å². The summed E-state index contributed by atoms with van der Waals surface area (Å²) in [6, 6.07) is 0.507. The van der Waals surface area contributed by atoms with Crippen molar-refractivity contribution >= 4 is 5.91 Å². The number of rotatable bonds is 2. The molecule has 4 heterocycles. The lowest BCUT2D eigenvalue weighted by Crippen LogP contribution is -2.54. The number of carbonyl (C=O) groups is 1. The van der Waals surface area contributed by atoms with E-state index in [1.54, 1.807) is 0 Å². The molecule has 23 heavy (non-hydrogen) atoms. The van der Waals surface area contributed by atoms with Gasteiger partial charge in [0, 0.05) is 31.6 Å². The van der Waals surface area contributed by atoms with Gasteiger partial charge in [-0.05, 0) is 32.2 Å². The number of nitrogens with one attached hydrogen (secondary N) is 1. The molecule has 3 fully saturated rings. The van der Waals surface area contributed by atoms with Crippen LogP contribution in [0.4, 0.5) is 0 Å². The normalized spacial score (nSPS) is 29.7. The second-order valence-corrected chi connectivity index (χ2v) is 6.66. The Kier molecular flexibility index (Phi) is 3.94. The van der Waals surface area contributed by atoms with Gasteiger partial charge < -0.3 is 14.1 Å². The predicted octanol–water partition coefficient (Wildman–Crippen LogP) is -0.0679. The number of aromatic nitrogens is 2. The number of piperidine rings is 1. The number of fused-ring (bicyclic) bond motifs is 1. The molecule has 1 aromatic rings. The van der Waals surface area contributed by atoms with E-state index in [0.717, 1.165) is 25.9 Å². The Balaban J connectivity index is 1.33. The number of likely N-dealkylation sites (tertiary alicyclic amines) is 1. The Hall–Kier alpha value is -1.67. The van der Waals surface area contributed by atoms with Gasteiger partial charge in [-0.15, -0.1) is 5.10 Å². The van der Waals surface area contributed by atoms with Crippen LogP contribution in [0.15, 0.2) is 9.21 Å². The topological polar surface area (TPSA) is 91.7 Å². The molecule has 3 saturated heterocycles. The summed E-state index contributed by atoms with van der Waals surface area (Å²) in [6.45, 7) is 3.79. The van der Waals surface area contributed by atoms with Crippen LogP contribution >= 0.6 is 0 Å². The Labute approximate surface area is 133 Å². The summed E-state index contributed by atoms with van der Waals surface area (Å²) in [5.41, 5.74) is 0. The van der Waals surface area contributed by atoms with Crippen LogP contribution in [-0.4, -0.2) is 70.8 Å². The number of hydrogen-bond donors (Lipinski definition) is 1. The first kappa shape index (κ1) is 14.9. The van der Waals surface area contributed by atoms with Crippen LogP contribution in [0.2, 0.25) is 0 Å². The van der Waals surface area contributed by atoms with E-state index in [4.69, 9.17) is 9.15 Å². The molecule has 3 aliphatic heterocycles. The standard InChI is InChI=1S/C15H22N4O4/c20-14(12-8-19-5-1-2-11(19)9-22-12)18-6-3-10(4-7-18)13-16-17-15(21)23-13/h10-12H,1-9H2,(H,17,21). The average molecular weight is 322 g/mol. The molecule has 1 amide bonds. The van der Waals surface area contributed by atoms with E-state index in [9.17, 15) is 9.59 Å². The zero-order valence-corrected chi connectivity index (χ0v) is 13.1. The first-order chi connectivity index (χ1) is 11.2. The number of morpholine rings is 1. The van der Waals surface area contributed by atoms with Gasteiger partial charge in [-0.2, -0.15) is 0 Å². The maximum Gasteiger partial charge on any atom is 0.434 e. The Morgan fingerprint density at radius 2 is 2.04 bits per heavy atom. The van der Waals surface area contributed by atoms with Gasteiger partial charge in [-0.1, -0.05) is 0 Å². The number of hydrogen-bond acceptors (Lipinski definition) is 6. The van der Waals surface area contributed by atoms with Crippen LogP contribution in [-0.2, 0) is 9.53 Å². The van der Waals surface area contributed by atoms with Gasteiger partial charge in [0.05, 0.1) is 6.61 Å². The predicted molar refractivity (Wildman–Crippen MR) is 80.0 cm³/mol. The summed E-state index contributed by atoms with van der Waals surface area (Å²) in [4.78, 5) is 28.0. The lowest BCUT2D eigenvalue weighted by molar-refractivity contribution is -0.152. The number of H-pyrrole nitrogens is 1. The monoisotopic (exact) mass is 322 g/mol. The van der Waals surface area contributed by atoms with E-state index in [1.165, 1.54) is 12.8 Å². The fourth-order valence-electron chi connectivity index (χ4n) is 3.93. The van der Waals surface area contributed by atoms with Gasteiger partial charge >= 0.3 is 5.76 Å². The third kappa shape index (κ3) is 2.92. The van der Waals surface area contributed by atoms with Crippen molar-refractivity contribution in [2.75, 3.05) is 32.8 Å². The summed E-state index contributed by atoms with van der Waals surface area (Å²) in [6.07, 6.45) is 3.58.